The summed E-state index contributed by atoms with van der Waals surface area (Å²) in [5.74, 6) is -0.260. The lowest BCUT2D eigenvalue weighted by Gasteiger charge is -2.19. The average Bonchev–Trinajstić information content (AvgIpc) is 2.86. The molecule has 0 unspecified atom stereocenters. The van der Waals surface area contributed by atoms with E-state index in [1.807, 2.05) is 6.07 Å². The van der Waals surface area contributed by atoms with Gasteiger partial charge >= 0.3 is 6.03 Å². The zero-order chi connectivity index (χ0) is 18.7. The highest BCUT2D eigenvalue weighted by Gasteiger charge is 2.43. The fraction of sp³-hybridized carbons (Fsp3) is 0.211. The van der Waals surface area contributed by atoms with Crippen LogP contribution in [-0.4, -0.2) is 36.0 Å². The average molecular weight is 353 g/mol. The Labute approximate surface area is 150 Å². The Hall–Kier alpha value is -3.40. The fourth-order valence-corrected chi connectivity index (χ4v) is 2.78. The van der Waals surface area contributed by atoms with Crippen LogP contribution in [0.4, 0.5) is 14.9 Å². The first-order valence-corrected chi connectivity index (χ1v) is 8.04. The van der Waals surface area contributed by atoms with Crippen molar-refractivity contribution in [2.75, 3.05) is 18.1 Å². The van der Waals surface area contributed by atoms with E-state index in [1.165, 1.54) is 29.2 Å². The lowest BCUT2D eigenvalue weighted by atomic mass is 10.2. The van der Waals surface area contributed by atoms with Crippen molar-refractivity contribution in [3.05, 3.63) is 59.9 Å². The van der Waals surface area contributed by atoms with Gasteiger partial charge in [0.05, 0.1) is 18.2 Å². The first-order chi connectivity index (χ1) is 12.5. The monoisotopic (exact) mass is 353 g/mol. The molecule has 0 saturated carbocycles. The molecule has 26 heavy (non-hydrogen) atoms. The van der Waals surface area contributed by atoms with E-state index < -0.39 is 17.9 Å². The van der Waals surface area contributed by atoms with Crippen molar-refractivity contribution in [2.45, 2.75) is 13.0 Å². The van der Waals surface area contributed by atoms with Crippen LogP contribution in [0.15, 0.2) is 48.5 Å². The molecule has 3 amide bonds. The van der Waals surface area contributed by atoms with Crippen LogP contribution >= 0.6 is 0 Å². The summed E-state index contributed by atoms with van der Waals surface area (Å²) < 4.78 is 18.6. The smallest absolute Gasteiger partial charge is 0.332 e. The lowest BCUT2D eigenvalue weighted by Crippen LogP contribution is -2.36. The molecular weight excluding hydrogens is 337 g/mol. The van der Waals surface area contributed by atoms with E-state index in [-0.39, 0.29) is 19.1 Å². The highest BCUT2D eigenvalue weighted by atomic mass is 19.1. The van der Waals surface area contributed by atoms with Gasteiger partial charge in [-0.25, -0.2) is 9.18 Å². The van der Waals surface area contributed by atoms with Gasteiger partial charge in [-0.15, -0.1) is 0 Å². The van der Waals surface area contributed by atoms with E-state index in [2.05, 4.69) is 0 Å². The zero-order valence-electron chi connectivity index (χ0n) is 14.1. The summed E-state index contributed by atoms with van der Waals surface area (Å²) in [6.07, 6.45) is 0. The molecule has 3 rings (SSSR count). The highest BCUT2D eigenvalue weighted by molar-refractivity contribution is 6.14. The number of benzene rings is 2. The van der Waals surface area contributed by atoms with Gasteiger partial charge in [0.1, 0.15) is 24.2 Å². The van der Waals surface area contributed by atoms with Crippen LogP contribution in [0.1, 0.15) is 12.5 Å². The van der Waals surface area contributed by atoms with Gasteiger partial charge in [0.15, 0.2) is 0 Å². The van der Waals surface area contributed by atoms with Crippen molar-refractivity contribution in [1.82, 2.24) is 4.90 Å². The molecule has 7 heteroatoms. The minimum atomic E-state index is -0.671. The topological polar surface area (TPSA) is 73.6 Å². The van der Waals surface area contributed by atoms with Crippen LogP contribution in [0.25, 0.3) is 0 Å². The number of nitriles is 1. The van der Waals surface area contributed by atoms with Crippen LogP contribution in [0.5, 0.6) is 5.75 Å². The molecule has 1 aliphatic rings. The van der Waals surface area contributed by atoms with Crippen LogP contribution in [-0.2, 0) is 4.79 Å². The number of hydrogen-bond donors (Lipinski definition) is 0. The zero-order valence-corrected chi connectivity index (χ0v) is 14.1. The number of anilines is 1. The van der Waals surface area contributed by atoms with Gasteiger partial charge in [-0.1, -0.05) is 6.07 Å². The minimum Gasteiger partial charge on any atom is -0.492 e. The maximum atomic E-state index is 13.1. The molecule has 1 saturated heterocycles. The van der Waals surface area contributed by atoms with E-state index in [1.54, 1.807) is 31.2 Å². The van der Waals surface area contributed by atoms with E-state index in [0.29, 0.717) is 17.0 Å². The summed E-state index contributed by atoms with van der Waals surface area (Å²) in [6, 6.07) is 12.9. The quantitative estimate of drug-likeness (QED) is 0.775. The predicted molar refractivity (Wildman–Crippen MR) is 92.1 cm³/mol. The van der Waals surface area contributed by atoms with Gasteiger partial charge in [-0.3, -0.25) is 14.6 Å². The maximum absolute atomic E-state index is 13.1. The second kappa shape index (κ2) is 7.23. The molecule has 2 aromatic rings. The van der Waals surface area contributed by atoms with Crippen molar-refractivity contribution in [3.8, 4) is 11.8 Å². The van der Waals surface area contributed by atoms with Crippen LogP contribution in [0.2, 0.25) is 0 Å². The predicted octanol–water partition coefficient (Wildman–Crippen LogP) is 2.93. The summed E-state index contributed by atoms with van der Waals surface area (Å²) in [5.41, 5.74) is 0.925. The van der Waals surface area contributed by atoms with Gasteiger partial charge < -0.3 is 4.74 Å². The Kier molecular flexibility index (Phi) is 4.85. The summed E-state index contributed by atoms with van der Waals surface area (Å²) in [4.78, 5) is 27.4. The van der Waals surface area contributed by atoms with Crippen LogP contribution in [0.3, 0.4) is 0 Å². The number of carbonyl (C=O) groups is 2. The van der Waals surface area contributed by atoms with Crippen molar-refractivity contribution < 1.29 is 18.7 Å². The number of nitrogens with zero attached hydrogens (tertiary/aromatic N) is 3. The number of hydrogen-bond acceptors (Lipinski definition) is 4. The van der Waals surface area contributed by atoms with E-state index in [4.69, 9.17) is 10.00 Å². The lowest BCUT2D eigenvalue weighted by molar-refractivity contribution is -0.127. The molecule has 0 bridgehead atoms. The van der Waals surface area contributed by atoms with Crippen LogP contribution in [0, 0.1) is 17.1 Å². The first kappa shape index (κ1) is 17.4. The van der Waals surface area contributed by atoms with Gasteiger partial charge in [0.2, 0.25) is 0 Å². The fourth-order valence-electron chi connectivity index (χ4n) is 2.78. The molecule has 0 spiro atoms. The molecular formula is C19H16FN3O3. The summed E-state index contributed by atoms with van der Waals surface area (Å²) in [7, 11) is 0. The summed E-state index contributed by atoms with van der Waals surface area (Å²) in [5, 5.41) is 8.88. The largest absolute Gasteiger partial charge is 0.492 e. The second-order valence-corrected chi connectivity index (χ2v) is 5.78. The Bertz CT molecular complexity index is 876. The van der Waals surface area contributed by atoms with Crippen molar-refractivity contribution in [3.63, 3.8) is 0 Å². The molecule has 0 N–H and O–H groups in total. The van der Waals surface area contributed by atoms with E-state index >= 15 is 0 Å². The van der Waals surface area contributed by atoms with E-state index in [9.17, 15) is 14.0 Å². The second-order valence-electron chi connectivity index (χ2n) is 5.78. The molecule has 6 nitrogen and oxygen atoms in total. The van der Waals surface area contributed by atoms with Crippen molar-refractivity contribution >= 4 is 17.6 Å². The number of amides is 3. The number of halogens is 1. The van der Waals surface area contributed by atoms with Gasteiger partial charge in [-0.05, 0) is 49.4 Å². The normalized spacial score (nSPS) is 16.7. The van der Waals surface area contributed by atoms with Gasteiger partial charge in [0.25, 0.3) is 5.91 Å². The number of rotatable bonds is 5. The molecule has 1 fully saturated rings. The maximum Gasteiger partial charge on any atom is 0.332 e. The highest BCUT2D eigenvalue weighted by Crippen LogP contribution is 2.26. The molecule has 2 aromatic carbocycles. The Morgan fingerprint density at radius 2 is 1.92 bits per heavy atom. The van der Waals surface area contributed by atoms with E-state index in [0.717, 1.165) is 4.90 Å². The first-order valence-electron chi connectivity index (χ1n) is 8.04. The minimum absolute atomic E-state index is 0.0798. The Balaban J connectivity index is 1.66. The molecule has 0 aliphatic carbocycles. The number of carbonyl (C=O) groups excluding carboxylic acids is 2. The summed E-state index contributed by atoms with van der Waals surface area (Å²) >= 11 is 0. The van der Waals surface area contributed by atoms with Gasteiger partial charge in [-0.2, -0.15) is 5.26 Å². The van der Waals surface area contributed by atoms with Crippen molar-refractivity contribution in [2.24, 2.45) is 0 Å². The Morgan fingerprint density at radius 1 is 1.19 bits per heavy atom. The third-order valence-corrected chi connectivity index (χ3v) is 4.10. The molecule has 1 atom stereocenters. The number of imide groups is 1. The van der Waals surface area contributed by atoms with Crippen molar-refractivity contribution in [1.29, 1.82) is 5.26 Å². The molecule has 0 aromatic heterocycles. The third-order valence-electron chi connectivity index (χ3n) is 4.10. The van der Waals surface area contributed by atoms with Gasteiger partial charge in [0, 0.05) is 5.69 Å². The molecule has 132 valence electrons. The molecule has 1 aliphatic heterocycles. The third kappa shape index (κ3) is 3.35. The Morgan fingerprint density at radius 3 is 2.62 bits per heavy atom. The number of urea groups is 1. The molecule has 1 heterocycles. The van der Waals surface area contributed by atoms with Crippen LogP contribution < -0.4 is 9.64 Å². The SMILES string of the molecule is C[C@@H]1C(=O)N(CCOc2cccc(C#N)c2)C(=O)N1c1ccc(F)cc1. The number of ether oxygens (including phenoxy) is 1. The summed E-state index contributed by atoms with van der Waals surface area (Å²) in [6.45, 7) is 1.81. The molecule has 0 radical (unpaired) electrons. The standard InChI is InChI=1S/C19H16FN3O3/c1-13-18(24)22(9-10-26-17-4-2-3-14(11-17)12-21)19(25)23(13)16-7-5-15(20)6-8-16/h2-8,11,13H,9-10H2,1H3/t13-/m1/s1.